The molecule has 20 heavy (non-hydrogen) atoms. The number of nitrogen functional groups attached to an aromatic ring is 1. The molecule has 0 spiro atoms. The molecular weight excluding hydrogens is 253 g/mol. The molecule has 0 aliphatic heterocycles. The van der Waals surface area contributed by atoms with Gasteiger partial charge in [-0.1, -0.05) is 42.5 Å². The van der Waals surface area contributed by atoms with Crippen LogP contribution in [0.3, 0.4) is 0 Å². The summed E-state index contributed by atoms with van der Waals surface area (Å²) in [4.78, 5) is 0. The summed E-state index contributed by atoms with van der Waals surface area (Å²) in [5.41, 5.74) is 6.93. The SMILES string of the molecule is Nc1ccc(OCc2cccc3ccccc23)c(F)c1. The maximum absolute atomic E-state index is 13.7. The third-order valence-corrected chi connectivity index (χ3v) is 3.22. The summed E-state index contributed by atoms with van der Waals surface area (Å²) in [5.74, 6) is -0.225. The Hall–Kier alpha value is -2.55. The Morgan fingerprint density at radius 3 is 2.60 bits per heavy atom. The van der Waals surface area contributed by atoms with Crippen LogP contribution >= 0.6 is 0 Å². The van der Waals surface area contributed by atoms with Crippen LogP contribution in [0.2, 0.25) is 0 Å². The van der Waals surface area contributed by atoms with E-state index in [2.05, 4.69) is 0 Å². The second-order valence-electron chi connectivity index (χ2n) is 4.62. The van der Waals surface area contributed by atoms with Crippen molar-refractivity contribution in [2.45, 2.75) is 6.61 Å². The van der Waals surface area contributed by atoms with Crippen molar-refractivity contribution in [2.24, 2.45) is 0 Å². The van der Waals surface area contributed by atoms with Gasteiger partial charge in [0.15, 0.2) is 11.6 Å². The molecule has 100 valence electrons. The van der Waals surface area contributed by atoms with E-state index < -0.39 is 5.82 Å². The van der Waals surface area contributed by atoms with Crippen molar-refractivity contribution in [3.8, 4) is 5.75 Å². The third kappa shape index (κ3) is 2.43. The zero-order chi connectivity index (χ0) is 13.9. The molecule has 0 saturated heterocycles. The number of halogens is 1. The van der Waals surface area contributed by atoms with Gasteiger partial charge in [-0.2, -0.15) is 0 Å². The van der Waals surface area contributed by atoms with Crippen molar-refractivity contribution in [1.82, 2.24) is 0 Å². The van der Waals surface area contributed by atoms with Gasteiger partial charge in [-0.3, -0.25) is 0 Å². The highest BCUT2D eigenvalue weighted by Crippen LogP contribution is 2.23. The van der Waals surface area contributed by atoms with Crippen molar-refractivity contribution in [1.29, 1.82) is 0 Å². The Labute approximate surface area is 116 Å². The minimum Gasteiger partial charge on any atom is -0.486 e. The van der Waals surface area contributed by atoms with E-state index in [1.54, 1.807) is 12.1 Å². The van der Waals surface area contributed by atoms with Crippen LogP contribution in [0.1, 0.15) is 5.56 Å². The Morgan fingerprint density at radius 1 is 0.950 bits per heavy atom. The molecule has 3 heteroatoms. The first-order valence-electron chi connectivity index (χ1n) is 6.38. The highest BCUT2D eigenvalue weighted by molar-refractivity contribution is 5.85. The molecule has 3 aromatic carbocycles. The molecule has 0 amide bonds. The molecule has 0 heterocycles. The van der Waals surface area contributed by atoms with Crippen LogP contribution in [-0.2, 0) is 6.61 Å². The minimum absolute atomic E-state index is 0.215. The number of hydrogen-bond acceptors (Lipinski definition) is 2. The fourth-order valence-electron chi connectivity index (χ4n) is 2.21. The molecule has 0 aliphatic rings. The second kappa shape index (κ2) is 5.21. The molecule has 0 fully saturated rings. The van der Waals surface area contributed by atoms with E-state index in [4.69, 9.17) is 10.5 Å². The predicted octanol–water partition coefficient (Wildman–Crippen LogP) is 4.14. The molecular formula is C17H14FNO. The number of benzene rings is 3. The smallest absolute Gasteiger partial charge is 0.167 e. The maximum Gasteiger partial charge on any atom is 0.167 e. The Balaban J connectivity index is 1.87. The van der Waals surface area contributed by atoms with Crippen LogP contribution in [0.25, 0.3) is 10.8 Å². The molecule has 2 nitrogen and oxygen atoms in total. The minimum atomic E-state index is -0.440. The average Bonchev–Trinajstić information content (AvgIpc) is 2.46. The maximum atomic E-state index is 13.7. The van der Waals surface area contributed by atoms with Crippen molar-refractivity contribution in [3.05, 3.63) is 72.0 Å². The van der Waals surface area contributed by atoms with E-state index in [9.17, 15) is 4.39 Å². The fraction of sp³-hybridized carbons (Fsp3) is 0.0588. The topological polar surface area (TPSA) is 35.2 Å². The standard InChI is InChI=1S/C17H14FNO/c18-16-10-14(19)8-9-17(16)20-11-13-6-3-5-12-4-1-2-7-15(12)13/h1-10H,11,19H2. The van der Waals surface area contributed by atoms with E-state index in [1.165, 1.54) is 6.07 Å². The lowest BCUT2D eigenvalue weighted by molar-refractivity contribution is 0.292. The number of nitrogens with two attached hydrogens (primary N) is 1. The number of rotatable bonds is 3. The van der Waals surface area contributed by atoms with Gasteiger partial charge in [0.25, 0.3) is 0 Å². The van der Waals surface area contributed by atoms with Crippen molar-refractivity contribution >= 4 is 16.5 Å². The number of fused-ring (bicyclic) bond motifs is 1. The van der Waals surface area contributed by atoms with Gasteiger partial charge in [-0.25, -0.2) is 4.39 Å². The summed E-state index contributed by atoms with van der Waals surface area (Å²) in [6.07, 6.45) is 0. The highest BCUT2D eigenvalue weighted by Gasteiger charge is 2.05. The molecule has 0 aromatic heterocycles. The van der Waals surface area contributed by atoms with Gasteiger partial charge in [0.1, 0.15) is 6.61 Å². The van der Waals surface area contributed by atoms with Gasteiger partial charge in [-0.05, 0) is 28.5 Å². The van der Waals surface area contributed by atoms with E-state index in [1.807, 2.05) is 42.5 Å². The van der Waals surface area contributed by atoms with Crippen LogP contribution in [-0.4, -0.2) is 0 Å². The highest BCUT2D eigenvalue weighted by atomic mass is 19.1. The summed E-state index contributed by atoms with van der Waals surface area (Å²) in [6.45, 7) is 0.322. The Morgan fingerprint density at radius 2 is 1.75 bits per heavy atom. The molecule has 0 aliphatic carbocycles. The second-order valence-corrected chi connectivity index (χ2v) is 4.62. The van der Waals surface area contributed by atoms with Crippen molar-refractivity contribution in [3.63, 3.8) is 0 Å². The molecule has 3 aromatic rings. The summed E-state index contributed by atoms with van der Waals surface area (Å²) in [6, 6.07) is 18.5. The Bertz CT molecular complexity index is 750. The van der Waals surface area contributed by atoms with E-state index >= 15 is 0 Å². The number of hydrogen-bond donors (Lipinski definition) is 1. The first kappa shape index (κ1) is 12.5. The van der Waals surface area contributed by atoms with E-state index in [0.29, 0.717) is 12.3 Å². The van der Waals surface area contributed by atoms with Crippen LogP contribution in [0.5, 0.6) is 5.75 Å². The zero-order valence-electron chi connectivity index (χ0n) is 10.8. The lowest BCUT2D eigenvalue weighted by atomic mass is 10.1. The monoisotopic (exact) mass is 267 g/mol. The van der Waals surface area contributed by atoms with E-state index in [-0.39, 0.29) is 5.75 Å². The van der Waals surface area contributed by atoms with Gasteiger partial charge < -0.3 is 10.5 Å². The average molecular weight is 267 g/mol. The molecule has 0 bridgehead atoms. The lowest BCUT2D eigenvalue weighted by Crippen LogP contribution is -1.99. The molecule has 0 saturated carbocycles. The van der Waals surface area contributed by atoms with Gasteiger partial charge >= 0.3 is 0 Å². The summed E-state index contributed by atoms with van der Waals surface area (Å²) >= 11 is 0. The van der Waals surface area contributed by atoms with Crippen molar-refractivity contribution in [2.75, 3.05) is 5.73 Å². The lowest BCUT2D eigenvalue weighted by Gasteiger charge is -2.10. The quantitative estimate of drug-likeness (QED) is 0.724. The predicted molar refractivity (Wildman–Crippen MR) is 79.1 cm³/mol. The first-order chi connectivity index (χ1) is 9.74. The van der Waals surface area contributed by atoms with E-state index in [0.717, 1.165) is 16.3 Å². The third-order valence-electron chi connectivity index (χ3n) is 3.22. The Kier molecular flexibility index (Phi) is 3.25. The molecule has 2 N–H and O–H groups in total. The number of ether oxygens (including phenoxy) is 1. The molecule has 0 unspecified atom stereocenters. The van der Waals surface area contributed by atoms with Crippen LogP contribution in [0.15, 0.2) is 60.7 Å². The molecule has 0 atom stereocenters. The summed E-state index contributed by atoms with van der Waals surface area (Å²) in [7, 11) is 0. The van der Waals surface area contributed by atoms with Gasteiger partial charge in [0.05, 0.1) is 0 Å². The van der Waals surface area contributed by atoms with Gasteiger partial charge in [0, 0.05) is 11.8 Å². The fourth-order valence-corrected chi connectivity index (χ4v) is 2.21. The summed E-state index contributed by atoms with van der Waals surface area (Å²) in [5, 5.41) is 2.26. The van der Waals surface area contributed by atoms with Crippen LogP contribution in [0, 0.1) is 5.82 Å². The van der Waals surface area contributed by atoms with Gasteiger partial charge in [-0.15, -0.1) is 0 Å². The first-order valence-corrected chi connectivity index (χ1v) is 6.38. The van der Waals surface area contributed by atoms with Crippen molar-refractivity contribution < 1.29 is 9.13 Å². The molecule has 3 rings (SSSR count). The summed E-state index contributed by atoms with van der Waals surface area (Å²) < 4.78 is 19.2. The molecule has 0 radical (unpaired) electrons. The van der Waals surface area contributed by atoms with Crippen LogP contribution in [0.4, 0.5) is 10.1 Å². The number of anilines is 1. The zero-order valence-corrected chi connectivity index (χ0v) is 10.8. The van der Waals surface area contributed by atoms with Crippen LogP contribution < -0.4 is 10.5 Å². The largest absolute Gasteiger partial charge is 0.486 e. The van der Waals surface area contributed by atoms with Gasteiger partial charge in [0.2, 0.25) is 0 Å². The normalized spacial score (nSPS) is 10.7.